The fourth-order valence-corrected chi connectivity index (χ4v) is 11.2. The van der Waals surface area contributed by atoms with Crippen LogP contribution in [0.3, 0.4) is 0 Å². The first kappa shape index (κ1) is 41.6. The molecule has 0 N–H and O–H groups in total. The smallest absolute Gasteiger partial charge is 0.271 e. The van der Waals surface area contributed by atoms with Crippen LogP contribution in [0.25, 0.3) is 116 Å². The number of fused-ring (bicyclic) bond motifs is 10. The Bertz CT molecular complexity index is 4660. The number of nitrogens with zero attached hydrogens (tertiary/aromatic N) is 8. The molecular weight excluding hydrogens is 909 g/mol. The summed E-state index contributed by atoms with van der Waals surface area (Å²) in [5.41, 5.74) is 14.7. The predicted octanol–water partition coefficient (Wildman–Crippen LogP) is 15.0. The lowest BCUT2D eigenvalue weighted by atomic mass is 10.0. The fourth-order valence-electron chi connectivity index (χ4n) is 11.2. The molecule has 9 heteroatoms. The summed E-state index contributed by atoms with van der Waals surface area (Å²) in [6, 6.07) is 76.4. The molecule has 0 atom stereocenters. The van der Waals surface area contributed by atoms with Gasteiger partial charge in [-0.2, -0.15) is 0 Å². The van der Waals surface area contributed by atoms with Gasteiger partial charge in [-0.05, 0) is 84.8 Å². The summed E-state index contributed by atoms with van der Waals surface area (Å²) in [6.45, 7) is 2.03. The number of ether oxygens (including phenoxy) is 1. The Kier molecular flexibility index (Phi) is 9.27. The quantitative estimate of drug-likeness (QED) is 0.112. The Labute approximate surface area is 424 Å². The number of aryl methyl sites for hydroxylation is 1. The first-order valence-electron chi connectivity index (χ1n) is 24.8. The molecule has 0 fully saturated rings. The lowest BCUT2D eigenvalue weighted by molar-refractivity contribution is -0.571. The standard InChI is InChI=1S/C65H42N8O/c1-42-36-61-53(40-67-42)51-32-31-45(74-46-34-35-66-64(38-46)70-41-69(58-27-13-14-28-59(58)70)54-23-9-5-18-47(54)43-16-3-2-4-17-43)37-62(51)73(61)63-33-30-44(39-68-63)71-55-24-10-8-21-50(55)52-22-15-29-60(65(52)71)72-56-25-11-6-19-48(56)49-20-7-12-26-57(49)72/h2-40H,1H3. The van der Waals surface area contributed by atoms with Gasteiger partial charge in [0.05, 0.1) is 67.4 Å². The zero-order chi connectivity index (χ0) is 48.9. The number of para-hydroxylation sites is 7. The van der Waals surface area contributed by atoms with E-state index >= 15 is 0 Å². The van der Waals surface area contributed by atoms with Crippen molar-refractivity contribution >= 4 is 76.5 Å². The van der Waals surface area contributed by atoms with Crippen LogP contribution in [0.15, 0.2) is 237 Å². The summed E-state index contributed by atoms with van der Waals surface area (Å²) in [5.74, 6) is 2.78. The normalized spacial score (nSPS) is 11.9. The molecule has 0 saturated heterocycles. The molecule has 0 bridgehead atoms. The van der Waals surface area contributed by atoms with Gasteiger partial charge in [-0.15, -0.1) is 0 Å². The van der Waals surface area contributed by atoms with Gasteiger partial charge in [0.15, 0.2) is 5.82 Å². The second-order valence-corrected chi connectivity index (χ2v) is 18.7. The maximum absolute atomic E-state index is 6.76. The number of pyridine rings is 3. The van der Waals surface area contributed by atoms with Crippen LogP contribution in [0.2, 0.25) is 0 Å². The van der Waals surface area contributed by atoms with Crippen molar-refractivity contribution < 1.29 is 9.30 Å². The third kappa shape index (κ3) is 6.43. The van der Waals surface area contributed by atoms with Gasteiger partial charge in [0, 0.05) is 62.5 Å². The van der Waals surface area contributed by atoms with Crippen molar-refractivity contribution in [2.75, 3.05) is 0 Å². The van der Waals surface area contributed by atoms with Crippen LogP contribution in [0, 0.1) is 13.3 Å². The van der Waals surface area contributed by atoms with E-state index < -0.39 is 0 Å². The van der Waals surface area contributed by atoms with Crippen LogP contribution in [0.5, 0.6) is 11.5 Å². The van der Waals surface area contributed by atoms with Gasteiger partial charge < -0.3 is 13.9 Å². The number of aromatic nitrogens is 8. The minimum atomic E-state index is 0.644. The van der Waals surface area contributed by atoms with Crippen LogP contribution in [-0.4, -0.2) is 33.2 Å². The highest BCUT2D eigenvalue weighted by molar-refractivity contribution is 6.15. The van der Waals surface area contributed by atoms with Crippen LogP contribution in [0.4, 0.5) is 0 Å². The van der Waals surface area contributed by atoms with Gasteiger partial charge >= 0.3 is 0 Å². The van der Waals surface area contributed by atoms with Gasteiger partial charge in [-0.1, -0.05) is 140 Å². The third-order valence-electron chi connectivity index (χ3n) is 14.4. The molecule has 0 radical (unpaired) electrons. The van der Waals surface area contributed by atoms with Crippen LogP contribution < -0.4 is 9.30 Å². The van der Waals surface area contributed by atoms with Crippen molar-refractivity contribution in [3.8, 4) is 51.3 Å². The minimum Gasteiger partial charge on any atom is -0.458 e. The van der Waals surface area contributed by atoms with Crippen molar-refractivity contribution in [2.24, 2.45) is 0 Å². The van der Waals surface area contributed by atoms with E-state index in [1.807, 2.05) is 54.2 Å². The first-order valence-corrected chi connectivity index (χ1v) is 24.8. The largest absolute Gasteiger partial charge is 0.458 e. The number of rotatable bonds is 8. The molecule has 0 saturated carbocycles. The minimum absolute atomic E-state index is 0.644. The average molecular weight is 951 g/mol. The highest BCUT2D eigenvalue weighted by atomic mass is 16.5. The van der Waals surface area contributed by atoms with Gasteiger partial charge in [0.2, 0.25) is 0 Å². The molecule has 0 unspecified atom stereocenters. The molecule has 8 aromatic carbocycles. The van der Waals surface area contributed by atoms with Gasteiger partial charge in [-0.3, -0.25) is 23.7 Å². The number of benzene rings is 8. The average Bonchev–Trinajstić information content (AvgIpc) is 4.23. The molecule has 9 nitrogen and oxygen atoms in total. The maximum Gasteiger partial charge on any atom is 0.271 e. The van der Waals surface area contributed by atoms with Crippen LogP contribution >= 0.6 is 0 Å². The molecule has 0 aliphatic heterocycles. The molecule has 7 heterocycles. The SMILES string of the molecule is Cc1cc2c(cn1)c1ccc(Oc3ccnc(-n4[c-][n+](-c5ccccc5-c5ccccc5)c5ccccc54)c3)cc1n2-c1ccc(-n2c3ccccc3c3cccc(-n4c5ccccc5c5ccccc54)c32)cn1. The third-order valence-corrected chi connectivity index (χ3v) is 14.4. The summed E-state index contributed by atoms with van der Waals surface area (Å²) in [7, 11) is 0. The number of hydrogen-bond donors (Lipinski definition) is 0. The van der Waals surface area contributed by atoms with Crippen molar-refractivity contribution in [3.05, 3.63) is 249 Å². The molecule has 7 aromatic heterocycles. The summed E-state index contributed by atoms with van der Waals surface area (Å²) in [5, 5.41) is 6.89. The summed E-state index contributed by atoms with van der Waals surface area (Å²) in [4.78, 5) is 14.9. The van der Waals surface area contributed by atoms with Gasteiger partial charge in [-0.25, -0.2) is 4.98 Å². The Morgan fingerprint density at radius 1 is 0.432 bits per heavy atom. The molecule has 15 aromatic rings. The predicted molar refractivity (Wildman–Crippen MR) is 297 cm³/mol. The van der Waals surface area contributed by atoms with Gasteiger partial charge in [0.1, 0.15) is 17.3 Å². The highest BCUT2D eigenvalue weighted by Gasteiger charge is 2.22. The highest BCUT2D eigenvalue weighted by Crippen LogP contribution is 2.41. The molecular formula is C65H42N8O. The molecule has 0 amide bonds. The second-order valence-electron chi connectivity index (χ2n) is 18.7. The molecule has 348 valence electrons. The van der Waals surface area contributed by atoms with Crippen molar-refractivity contribution in [1.82, 2.24) is 33.2 Å². The fraction of sp³-hybridized carbons (Fsp3) is 0.0154. The second kappa shape index (κ2) is 16.5. The van der Waals surface area contributed by atoms with Crippen LogP contribution in [0.1, 0.15) is 5.69 Å². The van der Waals surface area contributed by atoms with E-state index in [4.69, 9.17) is 19.7 Å². The van der Waals surface area contributed by atoms with E-state index in [2.05, 4.69) is 213 Å². The van der Waals surface area contributed by atoms with E-state index in [1.54, 1.807) is 6.20 Å². The van der Waals surface area contributed by atoms with E-state index in [0.717, 1.165) is 94.6 Å². The zero-order valence-electron chi connectivity index (χ0n) is 40.0. The Balaban J connectivity index is 0.831. The maximum atomic E-state index is 6.76. The number of hydrogen-bond acceptors (Lipinski definition) is 4. The van der Waals surface area contributed by atoms with Crippen molar-refractivity contribution in [1.29, 1.82) is 0 Å². The lowest BCUT2D eigenvalue weighted by Gasteiger charge is -2.15. The summed E-state index contributed by atoms with van der Waals surface area (Å²) >= 11 is 0. The molecule has 0 aliphatic carbocycles. The summed E-state index contributed by atoms with van der Waals surface area (Å²) in [6.07, 6.45) is 9.39. The lowest BCUT2D eigenvalue weighted by Crippen LogP contribution is -2.30. The van der Waals surface area contributed by atoms with E-state index in [1.165, 1.54) is 21.5 Å². The first-order chi connectivity index (χ1) is 36.6. The molecule has 74 heavy (non-hydrogen) atoms. The van der Waals surface area contributed by atoms with E-state index in [9.17, 15) is 0 Å². The molecule has 0 spiro atoms. The topological polar surface area (TPSA) is 71.5 Å². The number of imidazole rings is 1. The monoisotopic (exact) mass is 950 g/mol. The zero-order valence-corrected chi connectivity index (χ0v) is 40.0. The van der Waals surface area contributed by atoms with Crippen molar-refractivity contribution in [2.45, 2.75) is 6.92 Å². The Hall–Kier alpha value is -10.1. The molecule has 15 rings (SSSR count). The van der Waals surface area contributed by atoms with E-state index in [0.29, 0.717) is 17.3 Å². The van der Waals surface area contributed by atoms with E-state index in [-0.39, 0.29) is 0 Å². The van der Waals surface area contributed by atoms with Gasteiger partial charge in [0.25, 0.3) is 6.33 Å². The Morgan fingerprint density at radius 2 is 1.08 bits per heavy atom. The molecule has 0 aliphatic rings. The Morgan fingerprint density at radius 3 is 1.86 bits per heavy atom. The van der Waals surface area contributed by atoms with Crippen LogP contribution in [-0.2, 0) is 0 Å². The van der Waals surface area contributed by atoms with Crippen molar-refractivity contribution in [3.63, 3.8) is 0 Å². The summed E-state index contributed by atoms with van der Waals surface area (Å²) < 4.78 is 17.9.